The summed E-state index contributed by atoms with van der Waals surface area (Å²) in [5.74, 6) is -0.256. The molecule has 0 saturated carbocycles. The molecule has 0 fully saturated rings. The van der Waals surface area contributed by atoms with Crippen LogP contribution in [0, 0.1) is 10.1 Å². The third-order valence-electron chi connectivity index (χ3n) is 4.80. The van der Waals surface area contributed by atoms with E-state index in [1.807, 2.05) is 0 Å². The average molecular weight is 498 g/mol. The number of nitrogens with one attached hydrogen (secondary N) is 2. The lowest BCUT2D eigenvalue weighted by molar-refractivity contribution is -0.386. The van der Waals surface area contributed by atoms with E-state index in [-0.39, 0.29) is 35.5 Å². The van der Waals surface area contributed by atoms with Crippen molar-refractivity contribution in [2.24, 2.45) is 0 Å². The van der Waals surface area contributed by atoms with Crippen LogP contribution in [0.1, 0.15) is 58.1 Å². The lowest BCUT2D eigenvalue weighted by Crippen LogP contribution is -2.43. The number of nitro groups is 1. The van der Waals surface area contributed by atoms with Gasteiger partial charge in [-0.05, 0) is 59.7 Å². The molecule has 0 aliphatic rings. The van der Waals surface area contributed by atoms with Crippen molar-refractivity contribution in [3.05, 3.63) is 27.8 Å². The molecule has 0 bridgehead atoms. The predicted molar refractivity (Wildman–Crippen MR) is 127 cm³/mol. The van der Waals surface area contributed by atoms with Gasteiger partial charge in [0.2, 0.25) is 0 Å². The largest absolute Gasteiger partial charge is 0.493 e. The Morgan fingerprint density at radius 3 is 2.43 bits per heavy atom. The van der Waals surface area contributed by atoms with E-state index in [0.717, 1.165) is 6.29 Å². The molecule has 2 atom stereocenters. The summed E-state index contributed by atoms with van der Waals surface area (Å²) in [6.45, 7) is 5.67. The number of nitro benzene ring substituents is 1. The highest BCUT2D eigenvalue weighted by molar-refractivity contribution is 5.81. The molecular weight excluding hydrogens is 462 g/mol. The number of hydrogen-bond acceptors (Lipinski definition) is 10. The van der Waals surface area contributed by atoms with Crippen molar-refractivity contribution in [1.82, 2.24) is 10.6 Å². The summed E-state index contributed by atoms with van der Waals surface area (Å²) in [5.41, 5.74) is -0.250. The van der Waals surface area contributed by atoms with E-state index in [0.29, 0.717) is 32.2 Å². The first kappa shape index (κ1) is 29.6. The number of aldehydes is 1. The van der Waals surface area contributed by atoms with Gasteiger partial charge < -0.3 is 34.4 Å². The molecule has 1 aromatic carbocycles. The first-order valence-electron chi connectivity index (χ1n) is 11.4. The standard InChI is InChI=1S/C23H35N3O9/c1-15(2)34-22(28)18(9-8-10-24-4)25-23(29)35-16(3)17-13-20(32-5)21(14-19(17)26(30)31)33-12-7-6-11-27/h11,13-16,18,24H,6-10,12H2,1-5H3,(H,25,29). The van der Waals surface area contributed by atoms with Crippen LogP contribution in [0.5, 0.6) is 11.5 Å². The van der Waals surface area contributed by atoms with Gasteiger partial charge in [0, 0.05) is 6.42 Å². The number of amides is 1. The van der Waals surface area contributed by atoms with Gasteiger partial charge in [0.1, 0.15) is 18.4 Å². The Morgan fingerprint density at radius 1 is 1.14 bits per heavy atom. The van der Waals surface area contributed by atoms with Crippen LogP contribution in [-0.2, 0) is 19.1 Å². The van der Waals surface area contributed by atoms with Crippen molar-refractivity contribution in [2.75, 3.05) is 27.3 Å². The molecule has 12 heteroatoms. The third-order valence-corrected chi connectivity index (χ3v) is 4.80. The average Bonchev–Trinajstić information content (AvgIpc) is 2.80. The molecule has 12 nitrogen and oxygen atoms in total. The Balaban J connectivity index is 3.03. The smallest absolute Gasteiger partial charge is 0.408 e. The molecule has 2 N–H and O–H groups in total. The van der Waals surface area contributed by atoms with Crippen molar-refractivity contribution >= 4 is 24.0 Å². The van der Waals surface area contributed by atoms with Gasteiger partial charge in [0.25, 0.3) is 5.69 Å². The van der Waals surface area contributed by atoms with Crippen LogP contribution in [0.2, 0.25) is 0 Å². The normalized spacial score (nSPS) is 12.4. The van der Waals surface area contributed by atoms with Gasteiger partial charge in [-0.1, -0.05) is 0 Å². The quantitative estimate of drug-likeness (QED) is 0.114. The molecule has 0 saturated heterocycles. The zero-order chi connectivity index (χ0) is 26.4. The number of esters is 1. The van der Waals surface area contributed by atoms with E-state index in [1.165, 1.54) is 26.2 Å². The van der Waals surface area contributed by atoms with Gasteiger partial charge in [0.15, 0.2) is 11.5 Å². The van der Waals surface area contributed by atoms with E-state index in [4.69, 9.17) is 18.9 Å². The monoisotopic (exact) mass is 497 g/mol. The van der Waals surface area contributed by atoms with Crippen molar-refractivity contribution in [2.45, 2.75) is 64.7 Å². The minimum absolute atomic E-state index is 0.0822. The van der Waals surface area contributed by atoms with Crippen LogP contribution >= 0.6 is 0 Å². The number of alkyl carbamates (subject to hydrolysis) is 1. The van der Waals surface area contributed by atoms with Crippen molar-refractivity contribution < 1.29 is 38.3 Å². The fraction of sp³-hybridized carbons (Fsp3) is 0.609. The second-order valence-electron chi connectivity index (χ2n) is 7.95. The number of rotatable bonds is 16. The van der Waals surface area contributed by atoms with Gasteiger partial charge in [-0.25, -0.2) is 9.59 Å². The fourth-order valence-electron chi connectivity index (χ4n) is 3.12. The molecule has 35 heavy (non-hydrogen) atoms. The van der Waals surface area contributed by atoms with Crippen LogP contribution in [0.15, 0.2) is 12.1 Å². The van der Waals surface area contributed by atoms with Crippen molar-refractivity contribution in [3.8, 4) is 11.5 Å². The second-order valence-corrected chi connectivity index (χ2v) is 7.95. The van der Waals surface area contributed by atoms with Crippen molar-refractivity contribution in [1.29, 1.82) is 0 Å². The van der Waals surface area contributed by atoms with E-state index in [9.17, 15) is 24.5 Å². The molecule has 0 aliphatic carbocycles. The number of carbonyl (C=O) groups excluding carboxylic acids is 3. The Labute approximate surface area is 204 Å². The Hall–Kier alpha value is -3.41. The molecule has 1 aromatic rings. The topological polar surface area (TPSA) is 155 Å². The molecule has 1 amide bonds. The number of methoxy groups -OCH3 is 1. The summed E-state index contributed by atoms with van der Waals surface area (Å²) in [7, 11) is 3.14. The summed E-state index contributed by atoms with van der Waals surface area (Å²) in [5, 5.41) is 17.2. The van der Waals surface area contributed by atoms with E-state index in [1.54, 1.807) is 20.9 Å². The molecule has 0 aliphatic heterocycles. The number of nitrogens with zero attached hydrogens (tertiary/aromatic N) is 1. The van der Waals surface area contributed by atoms with E-state index in [2.05, 4.69) is 10.6 Å². The van der Waals surface area contributed by atoms with Gasteiger partial charge in [-0.2, -0.15) is 0 Å². The Morgan fingerprint density at radius 2 is 1.86 bits per heavy atom. The highest BCUT2D eigenvalue weighted by Crippen LogP contribution is 2.38. The zero-order valence-electron chi connectivity index (χ0n) is 20.8. The Bertz CT molecular complexity index is 861. The fourth-order valence-corrected chi connectivity index (χ4v) is 3.12. The van der Waals surface area contributed by atoms with Gasteiger partial charge in [-0.3, -0.25) is 10.1 Å². The molecule has 0 aromatic heterocycles. The first-order chi connectivity index (χ1) is 16.6. The van der Waals surface area contributed by atoms with Gasteiger partial charge in [0.05, 0.1) is 36.4 Å². The van der Waals surface area contributed by atoms with E-state index < -0.39 is 29.1 Å². The number of hydrogen-bond donors (Lipinski definition) is 2. The molecule has 196 valence electrons. The molecular formula is C23H35N3O9. The maximum Gasteiger partial charge on any atom is 0.408 e. The maximum absolute atomic E-state index is 12.6. The minimum Gasteiger partial charge on any atom is -0.493 e. The summed E-state index contributed by atoms with van der Waals surface area (Å²) in [6, 6.07) is 1.62. The summed E-state index contributed by atoms with van der Waals surface area (Å²) >= 11 is 0. The summed E-state index contributed by atoms with van der Waals surface area (Å²) in [4.78, 5) is 46.5. The zero-order valence-corrected chi connectivity index (χ0v) is 20.8. The highest BCUT2D eigenvalue weighted by atomic mass is 16.6. The lowest BCUT2D eigenvalue weighted by atomic mass is 10.1. The summed E-state index contributed by atoms with van der Waals surface area (Å²) < 4.78 is 21.4. The minimum atomic E-state index is -1.05. The number of ether oxygens (including phenoxy) is 4. The maximum atomic E-state index is 12.6. The number of benzene rings is 1. The van der Waals surface area contributed by atoms with Crippen LogP contribution in [-0.4, -0.2) is 62.7 Å². The SMILES string of the molecule is CNCCCC(NC(=O)OC(C)c1cc(OC)c(OCCCC=O)cc1[N+](=O)[O-])C(=O)OC(C)C. The predicted octanol–water partition coefficient (Wildman–Crippen LogP) is 3.07. The highest BCUT2D eigenvalue weighted by Gasteiger charge is 2.28. The molecule has 0 spiro atoms. The van der Waals surface area contributed by atoms with Crippen LogP contribution in [0.4, 0.5) is 10.5 Å². The second kappa shape index (κ2) is 15.5. The number of unbranched alkanes of at least 4 members (excludes halogenated alkanes) is 1. The summed E-state index contributed by atoms with van der Waals surface area (Å²) in [6.07, 6.45) is 0.0770. The molecule has 0 radical (unpaired) electrons. The molecule has 1 rings (SSSR count). The third kappa shape index (κ3) is 10.2. The molecule has 2 unspecified atom stereocenters. The molecule has 0 heterocycles. The number of carbonyl (C=O) groups is 3. The van der Waals surface area contributed by atoms with Crippen molar-refractivity contribution in [3.63, 3.8) is 0 Å². The van der Waals surface area contributed by atoms with Crippen LogP contribution in [0.25, 0.3) is 0 Å². The van der Waals surface area contributed by atoms with E-state index >= 15 is 0 Å². The van der Waals surface area contributed by atoms with Gasteiger partial charge >= 0.3 is 12.1 Å². The first-order valence-corrected chi connectivity index (χ1v) is 11.4. The van der Waals surface area contributed by atoms with Crippen LogP contribution in [0.3, 0.4) is 0 Å². The Kier molecular flexibility index (Phi) is 13.1. The lowest BCUT2D eigenvalue weighted by Gasteiger charge is -2.21. The van der Waals surface area contributed by atoms with Crippen LogP contribution < -0.4 is 20.1 Å². The van der Waals surface area contributed by atoms with Gasteiger partial charge in [-0.15, -0.1) is 0 Å².